The molecule has 6 heteroatoms. The Morgan fingerprint density at radius 3 is 2.81 bits per heavy atom. The monoisotopic (exact) mass is 229 g/mol. The Morgan fingerprint density at radius 1 is 1.62 bits per heavy atom. The lowest BCUT2D eigenvalue weighted by Crippen LogP contribution is -2.43. The first-order valence-electron chi connectivity index (χ1n) is 5.42. The van der Waals surface area contributed by atoms with Gasteiger partial charge in [0.25, 0.3) is 0 Å². The predicted octanol–water partition coefficient (Wildman–Crippen LogP) is -1.14. The highest BCUT2D eigenvalue weighted by Crippen LogP contribution is 2.12. The zero-order chi connectivity index (χ0) is 12.1. The molecule has 0 aromatic rings. The molecule has 0 aromatic heterocycles. The first-order valence-corrected chi connectivity index (χ1v) is 5.42. The number of nitrogens with two attached hydrogens (primary N) is 1. The van der Waals surface area contributed by atoms with E-state index in [2.05, 4.69) is 10.2 Å². The molecule has 0 aliphatic carbocycles. The summed E-state index contributed by atoms with van der Waals surface area (Å²) in [5, 5.41) is 11.2. The van der Waals surface area contributed by atoms with Crippen molar-refractivity contribution in [1.29, 1.82) is 0 Å². The fourth-order valence-electron chi connectivity index (χ4n) is 1.85. The molecule has 6 nitrogen and oxygen atoms in total. The van der Waals surface area contributed by atoms with Crippen molar-refractivity contribution in [2.24, 2.45) is 11.7 Å². The minimum Gasteiger partial charge on any atom is -0.481 e. The summed E-state index contributed by atoms with van der Waals surface area (Å²) >= 11 is 0. The number of carboxylic acid groups (broad SMARTS) is 1. The molecule has 0 aromatic carbocycles. The SMILES string of the molecule is CN1CCC(CNC(=O)C(N)CC(=O)O)C1. The number of carboxylic acids is 1. The van der Waals surface area contributed by atoms with E-state index in [-0.39, 0.29) is 12.3 Å². The van der Waals surface area contributed by atoms with Gasteiger partial charge < -0.3 is 21.1 Å². The van der Waals surface area contributed by atoms with Crippen LogP contribution in [0.25, 0.3) is 0 Å². The van der Waals surface area contributed by atoms with Crippen LogP contribution in [-0.4, -0.2) is 54.6 Å². The van der Waals surface area contributed by atoms with Crippen LogP contribution in [0, 0.1) is 5.92 Å². The van der Waals surface area contributed by atoms with Gasteiger partial charge in [-0.15, -0.1) is 0 Å². The number of nitrogens with zero attached hydrogens (tertiary/aromatic N) is 1. The summed E-state index contributed by atoms with van der Waals surface area (Å²) in [5.41, 5.74) is 5.43. The molecular formula is C10H19N3O3. The summed E-state index contributed by atoms with van der Waals surface area (Å²) in [5.74, 6) is -0.980. The molecule has 1 fully saturated rings. The van der Waals surface area contributed by atoms with E-state index in [0.717, 1.165) is 19.5 Å². The number of likely N-dealkylation sites (tertiary alicyclic amines) is 1. The fourth-order valence-corrected chi connectivity index (χ4v) is 1.85. The number of hydrogen-bond donors (Lipinski definition) is 3. The third-order valence-electron chi connectivity index (χ3n) is 2.79. The first-order chi connectivity index (χ1) is 7.49. The van der Waals surface area contributed by atoms with E-state index in [1.807, 2.05) is 7.05 Å². The van der Waals surface area contributed by atoms with Crippen LogP contribution in [0.1, 0.15) is 12.8 Å². The molecule has 1 aliphatic rings. The van der Waals surface area contributed by atoms with Crippen molar-refractivity contribution in [3.63, 3.8) is 0 Å². The molecule has 2 unspecified atom stereocenters. The molecule has 1 rings (SSSR count). The van der Waals surface area contributed by atoms with Crippen molar-refractivity contribution in [2.75, 3.05) is 26.7 Å². The average Bonchev–Trinajstić information content (AvgIpc) is 2.59. The molecule has 1 saturated heterocycles. The Balaban J connectivity index is 2.21. The van der Waals surface area contributed by atoms with Crippen LogP contribution in [0.5, 0.6) is 0 Å². The lowest BCUT2D eigenvalue weighted by atomic mass is 10.1. The smallest absolute Gasteiger partial charge is 0.305 e. The zero-order valence-corrected chi connectivity index (χ0v) is 9.48. The summed E-state index contributed by atoms with van der Waals surface area (Å²) in [6, 6.07) is -0.948. The Bertz CT molecular complexity index is 270. The molecule has 1 aliphatic heterocycles. The van der Waals surface area contributed by atoms with Gasteiger partial charge in [-0.05, 0) is 25.9 Å². The molecule has 0 radical (unpaired) electrons. The normalized spacial score (nSPS) is 23.0. The van der Waals surface area contributed by atoms with E-state index in [1.165, 1.54) is 0 Å². The number of rotatable bonds is 5. The van der Waals surface area contributed by atoms with Crippen LogP contribution in [0.3, 0.4) is 0 Å². The largest absolute Gasteiger partial charge is 0.481 e. The number of hydrogen-bond acceptors (Lipinski definition) is 4. The molecule has 0 bridgehead atoms. The second-order valence-corrected chi connectivity index (χ2v) is 4.37. The van der Waals surface area contributed by atoms with Gasteiger partial charge in [0.1, 0.15) is 0 Å². The minimum atomic E-state index is -1.05. The maximum atomic E-state index is 11.4. The molecular weight excluding hydrogens is 210 g/mol. The molecule has 92 valence electrons. The van der Waals surface area contributed by atoms with E-state index in [0.29, 0.717) is 12.5 Å². The van der Waals surface area contributed by atoms with E-state index in [1.54, 1.807) is 0 Å². The van der Waals surface area contributed by atoms with Gasteiger partial charge in [-0.25, -0.2) is 0 Å². The van der Waals surface area contributed by atoms with Gasteiger partial charge in [0.05, 0.1) is 12.5 Å². The van der Waals surface area contributed by atoms with E-state index >= 15 is 0 Å². The summed E-state index contributed by atoms with van der Waals surface area (Å²) in [6.45, 7) is 2.59. The Labute approximate surface area is 94.8 Å². The standard InChI is InChI=1S/C10H19N3O3/c1-13-3-2-7(6-13)5-12-10(16)8(11)4-9(14)15/h7-8H,2-6,11H2,1H3,(H,12,16)(H,14,15). The third-order valence-corrected chi connectivity index (χ3v) is 2.79. The van der Waals surface area contributed by atoms with Crippen molar-refractivity contribution in [1.82, 2.24) is 10.2 Å². The van der Waals surface area contributed by atoms with Gasteiger partial charge in [0, 0.05) is 13.1 Å². The van der Waals surface area contributed by atoms with Crippen LogP contribution in [0.15, 0.2) is 0 Å². The van der Waals surface area contributed by atoms with Gasteiger partial charge in [-0.2, -0.15) is 0 Å². The molecule has 0 spiro atoms. The van der Waals surface area contributed by atoms with Crippen LogP contribution in [0.4, 0.5) is 0 Å². The lowest BCUT2D eigenvalue weighted by molar-refractivity contribution is -0.139. The Morgan fingerprint density at radius 2 is 2.31 bits per heavy atom. The van der Waals surface area contributed by atoms with Crippen LogP contribution < -0.4 is 11.1 Å². The lowest BCUT2D eigenvalue weighted by Gasteiger charge is -2.14. The van der Waals surface area contributed by atoms with Crippen molar-refractivity contribution >= 4 is 11.9 Å². The Hall–Kier alpha value is -1.14. The predicted molar refractivity (Wildman–Crippen MR) is 58.8 cm³/mol. The highest BCUT2D eigenvalue weighted by atomic mass is 16.4. The number of nitrogens with one attached hydrogen (secondary N) is 1. The quantitative estimate of drug-likeness (QED) is 0.553. The molecule has 1 amide bonds. The van der Waals surface area contributed by atoms with Crippen LogP contribution in [0.2, 0.25) is 0 Å². The summed E-state index contributed by atoms with van der Waals surface area (Å²) in [7, 11) is 2.04. The highest BCUT2D eigenvalue weighted by Gasteiger charge is 2.22. The van der Waals surface area contributed by atoms with Gasteiger partial charge in [-0.3, -0.25) is 9.59 Å². The molecule has 4 N–H and O–H groups in total. The molecule has 2 atom stereocenters. The second-order valence-electron chi connectivity index (χ2n) is 4.37. The number of carbonyl (C=O) groups is 2. The van der Waals surface area contributed by atoms with Crippen LogP contribution in [-0.2, 0) is 9.59 Å². The summed E-state index contributed by atoms with van der Waals surface area (Å²) < 4.78 is 0. The van der Waals surface area contributed by atoms with Gasteiger partial charge >= 0.3 is 5.97 Å². The zero-order valence-electron chi connectivity index (χ0n) is 9.48. The number of aliphatic carboxylic acids is 1. The van der Waals surface area contributed by atoms with Crippen molar-refractivity contribution in [2.45, 2.75) is 18.9 Å². The maximum Gasteiger partial charge on any atom is 0.305 e. The van der Waals surface area contributed by atoms with E-state index in [9.17, 15) is 9.59 Å². The van der Waals surface area contributed by atoms with Crippen LogP contribution >= 0.6 is 0 Å². The third kappa shape index (κ3) is 4.16. The topological polar surface area (TPSA) is 95.7 Å². The summed E-state index contributed by atoms with van der Waals surface area (Å²) in [4.78, 5) is 24.0. The fraction of sp³-hybridized carbons (Fsp3) is 0.800. The van der Waals surface area contributed by atoms with E-state index < -0.39 is 12.0 Å². The average molecular weight is 229 g/mol. The molecule has 1 heterocycles. The second kappa shape index (κ2) is 5.81. The van der Waals surface area contributed by atoms with Crippen molar-refractivity contribution < 1.29 is 14.7 Å². The first kappa shape index (κ1) is 12.9. The highest BCUT2D eigenvalue weighted by molar-refractivity contribution is 5.85. The number of carbonyl (C=O) groups excluding carboxylic acids is 1. The molecule has 0 saturated carbocycles. The minimum absolute atomic E-state index is 0.323. The maximum absolute atomic E-state index is 11.4. The van der Waals surface area contributed by atoms with Gasteiger partial charge in [0.2, 0.25) is 5.91 Å². The Kier molecular flexibility index (Phi) is 4.70. The molecule has 16 heavy (non-hydrogen) atoms. The van der Waals surface area contributed by atoms with Crippen molar-refractivity contribution in [3.05, 3.63) is 0 Å². The van der Waals surface area contributed by atoms with Crippen molar-refractivity contribution in [3.8, 4) is 0 Å². The van der Waals surface area contributed by atoms with Gasteiger partial charge in [0.15, 0.2) is 0 Å². The number of amides is 1. The summed E-state index contributed by atoms with van der Waals surface area (Å²) in [6.07, 6.45) is 0.737. The van der Waals surface area contributed by atoms with E-state index in [4.69, 9.17) is 10.8 Å². The van der Waals surface area contributed by atoms with Gasteiger partial charge in [-0.1, -0.05) is 0 Å².